The average Bonchev–Trinajstić information content (AvgIpc) is 2.28. The number of aliphatic carboxylic acids is 1. The van der Waals surface area contributed by atoms with Crippen LogP contribution < -0.4 is 5.32 Å². The molecular formula is C12H19N3O2. The first-order valence-electron chi connectivity index (χ1n) is 5.78. The summed E-state index contributed by atoms with van der Waals surface area (Å²) in [6.45, 7) is 6.37. The third-order valence-electron chi connectivity index (χ3n) is 2.67. The topological polar surface area (TPSA) is 75.1 Å². The van der Waals surface area contributed by atoms with Crippen LogP contribution in [0.25, 0.3) is 0 Å². The molecule has 1 aromatic rings. The van der Waals surface area contributed by atoms with Gasteiger partial charge >= 0.3 is 5.97 Å². The molecule has 1 aromatic heterocycles. The molecule has 5 heteroatoms. The van der Waals surface area contributed by atoms with Crippen LogP contribution in [0.5, 0.6) is 0 Å². The van der Waals surface area contributed by atoms with Gasteiger partial charge in [0.15, 0.2) is 0 Å². The Morgan fingerprint density at radius 3 is 2.82 bits per heavy atom. The van der Waals surface area contributed by atoms with Gasteiger partial charge in [0.25, 0.3) is 0 Å². The van der Waals surface area contributed by atoms with E-state index in [0.29, 0.717) is 6.54 Å². The number of aromatic nitrogens is 2. The molecule has 0 aromatic carbocycles. The molecule has 0 aliphatic heterocycles. The fourth-order valence-electron chi connectivity index (χ4n) is 1.55. The number of carboxylic acids is 1. The van der Waals surface area contributed by atoms with Gasteiger partial charge in [-0.2, -0.15) is 0 Å². The van der Waals surface area contributed by atoms with E-state index in [9.17, 15) is 4.79 Å². The van der Waals surface area contributed by atoms with Gasteiger partial charge in [-0.25, -0.2) is 4.98 Å². The Bertz CT molecular complexity index is 393. The number of aryl methyl sites for hydroxylation is 2. The molecule has 1 unspecified atom stereocenters. The molecule has 0 saturated carbocycles. The zero-order valence-corrected chi connectivity index (χ0v) is 10.5. The van der Waals surface area contributed by atoms with Crippen LogP contribution in [0.15, 0.2) is 6.20 Å². The minimum Gasteiger partial charge on any atom is -0.481 e. The second kappa shape index (κ2) is 6.18. The first-order valence-corrected chi connectivity index (χ1v) is 5.78. The van der Waals surface area contributed by atoms with Gasteiger partial charge in [-0.3, -0.25) is 9.78 Å². The van der Waals surface area contributed by atoms with Gasteiger partial charge in [0.05, 0.1) is 11.4 Å². The smallest absolute Gasteiger partial charge is 0.303 e. The molecule has 0 aliphatic carbocycles. The lowest BCUT2D eigenvalue weighted by molar-refractivity contribution is -0.138. The van der Waals surface area contributed by atoms with Gasteiger partial charge in [0.1, 0.15) is 5.82 Å². The molecule has 1 rings (SSSR count). The van der Waals surface area contributed by atoms with Crippen molar-refractivity contribution >= 4 is 11.8 Å². The highest BCUT2D eigenvalue weighted by Gasteiger charge is 2.12. The van der Waals surface area contributed by atoms with Crippen LogP contribution in [-0.4, -0.2) is 27.6 Å². The van der Waals surface area contributed by atoms with E-state index in [0.717, 1.165) is 23.6 Å². The molecule has 17 heavy (non-hydrogen) atoms. The molecule has 5 nitrogen and oxygen atoms in total. The van der Waals surface area contributed by atoms with Gasteiger partial charge in [-0.15, -0.1) is 0 Å². The maximum absolute atomic E-state index is 10.6. The highest BCUT2D eigenvalue weighted by atomic mass is 16.4. The summed E-state index contributed by atoms with van der Waals surface area (Å²) >= 11 is 0. The molecule has 0 spiro atoms. The minimum absolute atomic E-state index is 0.120. The van der Waals surface area contributed by atoms with E-state index in [1.54, 1.807) is 6.20 Å². The summed E-state index contributed by atoms with van der Waals surface area (Å²) < 4.78 is 0. The van der Waals surface area contributed by atoms with Crippen molar-refractivity contribution < 1.29 is 9.90 Å². The van der Waals surface area contributed by atoms with Crippen molar-refractivity contribution in [2.45, 2.75) is 33.6 Å². The van der Waals surface area contributed by atoms with Crippen LogP contribution in [-0.2, 0) is 4.79 Å². The predicted molar refractivity (Wildman–Crippen MR) is 66.0 cm³/mol. The van der Waals surface area contributed by atoms with E-state index in [2.05, 4.69) is 15.3 Å². The number of anilines is 1. The van der Waals surface area contributed by atoms with Crippen LogP contribution in [0.2, 0.25) is 0 Å². The molecule has 1 heterocycles. The largest absolute Gasteiger partial charge is 0.481 e. The normalized spacial score (nSPS) is 12.2. The van der Waals surface area contributed by atoms with Crippen molar-refractivity contribution in [2.75, 3.05) is 11.9 Å². The number of hydrogen-bond donors (Lipinski definition) is 2. The van der Waals surface area contributed by atoms with Crippen LogP contribution >= 0.6 is 0 Å². The highest BCUT2D eigenvalue weighted by molar-refractivity contribution is 5.67. The number of carbonyl (C=O) groups is 1. The zero-order chi connectivity index (χ0) is 12.8. The van der Waals surface area contributed by atoms with Crippen molar-refractivity contribution in [1.29, 1.82) is 0 Å². The Hall–Kier alpha value is -1.65. The molecule has 0 amide bonds. The number of nitrogens with one attached hydrogen (secondary N) is 1. The monoisotopic (exact) mass is 237 g/mol. The van der Waals surface area contributed by atoms with E-state index in [4.69, 9.17) is 5.11 Å². The summed E-state index contributed by atoms with van der Waals surface area (Å²) in [6.07, 6.45) is 2.73. The molecule has 94 valence electrons. The highest BCUT2D eigenvalue weighted by Crippen LogP contribution is 2.13. The summed E-state index contributed by atoms with van der Waals surface area (Å²) in [5, 5.41) is 11.9. The van der Waals surface area contributed by atoms with Gasteiger partial charge in [0.2, 0.25) is 0 Å². The zero-order valence-electron chi connectivity index (χ0n) is 10.5. The Balaban J connectivity index is 2.59. The average molecular weight is 237 g/mol. The summed E-state index contributed by atoms with van der Waals surface area (Å²) in [6, 6.07) is 0. The maximum Gasteiger partial charge on any atom is 0.303 e. The van der Waals surface area contributed by atoms with Gasteiger partial charge in [0, 0.05) is 19.2 Å². The van der Waals surface area contributed by atoms with E-state index in [1.807, 2.05) is 20.8 Å². The number of nitrogens with zero attached hydrogens (tertiary/aromatic N) is 2. The molecular weight excluding hydrogens is 218 g/mol. The summed E-state index contributed by atoms with van der Waals surface area (Å²) in [5.41, 5.74) is 1.69. The summed E-state index contributed by atoms with van der Waals surface area (Å²) in [7, 11) is 0. The number of hydrogen-bond acceptors (Lipinski definition) is 4. The van der Waals surface area contributed by atoms with E-state index in [1.165, 1.54) is 0 Å². The molecule has 0 saturated heterocycles. The van der Waals surface area contributed by atoms with Crippen LogP contribution in [0, 0.1) is 19.8 Å². The molecule has 2 N–H and O–H groups in total. The van der Waals surface area contributed by atoms with Crippen molar-refractivity contribution in [3.8, 4) is 0 Å². The first-order chi connectivity index (χ1) is 8.02. The Morgan fingerprint density at radius 1 is 1.53 bits per heavy atom. The standard InChI is InChI=1S/C12H19N3O2/c1-4-10(5-11(16)17)7-14-12-9(3)13-6-8(2)15-12/h6,10H,4-5,7H2,1-3H3,(H,14,15)(H,16,17). The van der Waals surface area contributed by atoms with Crippen molar-refractivity contribution in [3.05, 3.63) is 17.6 Å². The quantitative estimate of drug-likeness (QED) is 0.791. The molecule has 0 aliphatic rings. The third kappa shape index (κ3) is 4.38. The Labute approximate surface area is 101 Å². The first kappa shape index (κ1) is 13.4. The molecule has 0 bridgehead atoms. The molecule has 0 fully saturated rings. The van der Waals surface area contributed by atoms with Crippen LogP contribution in [0.1, 0.15) is 31.2 Å². The second-order valence-electron chi connectivity index (χ2n) is 4.20. The number of rotatable bonds is 6. The predicted octanol–water partition coefficient (Wildman–Crippen LogP) is 2.01. The Morgan fingerprint density at radius 2 is 2.24 bits per heavy atom. The van der Waals surface area contributed by atoms with E-state index < -0.39 is 5.97 Å². The van der Waals surface area contributed by atoms with Gasteiger partial charge in [-0.05, 0) is 19.8 Å². The fourth-order valence-corrected chi connectivity index (χ4v) is 1.55. The van der Waals surface area contributed by atoms with Gasteiger partial charge in [-0.1, -0.05) is 13.3 Å². The lowest BCUT2D eigenvalue weighted by atomic mass is 10.0. The van der Waals surface area contributed by atoms with E-state index in [-0.39, 0.29) is 12.3 Å². The molecule has 1 atom stereocenters. The van der Waals surface area contributed by atoms with Crippen LogP contribution in [0.4, 0.5) is 5.82 Å². The number of carboxylic acid groups (broad SMARTS) is 1. The summed E-state index contributed by atoms with van der Waals surface area (Å²) in [5.74, 6) is 0.105. The molecule has 0 radical (unpaired) electrons. The van der Waals surface area contributed by atoms with Gasteiger partial charge < -0.3 is 10.4 Å². The van der Waals surface area contributed by atoms with Crippen molar-refractivity contribution in [3.63, 3.8) is 0 Å². The lowest BCUT2D eigenvalue weighted by Crippen LogP contribution is -2.18. The maximum atomic E-state index is 10.6. The summed E-state index contributed by atoms with van der Waals surface area (Å²) in [4.78, 5) is 19.2. The Kier molecular flexibility index (Phi) is 4.87. The lowest BCUT2D eigenvalue weighted by Gasteiger charge is -2.15. The SMILES string of the molecule is CCC(CNc1nc(C)cnc1C)CC(=O)O. The third-order valence-corrected chi connectivity index (χ3v) is 2.67. The van der Waals surface area contributed by atoms with Crippen molar-refractivity contribution in [1.82, 2.24) is 9.97 Å². The fraction of sp³-hybridized carbons (Fsp3) is 0.583. The second-order valence-corrected chi connectivity index (χ2v) is 4.20. The van der Waals surface area contributed by atoms with E-state index >= 15 is 0 Å². The minimum atomic E-state index is -0.759. The van der Waals surface area contributed by atoms with Crippen molar-refractivity contribution in [2.24, 2.45) is 5.92 Å². The van der Waals surface area contributed by atoms with Crippen LogP contribution in [0.3, 0.4) is 0 Å².